The maximum Gasteiger partial charge on any atom is 0.329 e. The van der Waals surface area contributed by atoms with Gasteiger partial charge in [-0.1, -0.05) is 54.2 Å². The summed E-state index contributed by atoms with van der Waals surface area (Å²) < 4.78 is 5.70. The molecule has 0 aliphatic carbocycles. The van der Waals surface area contributed by atoms with Gasteiger partial charge in [0.25, 0.3) is 0 Å². The van der Waals surface area contributed by atoms with Gasteiger partial charge in [0.2, 0.25) is 11.8 Å². The molecule has 2 saturated heterocycles. The number of nitrogens with one attached hydrogen (secondary N) is 2. The van der Waals surface area contributed by atoms with Crippen molar-refractivity contribution in [3.05, 3.63) is 0 Å². The second-order valence-electron chi connectivity index (χ2n) is 7.05. The minimum absolute atomic E-state index is 0.128. The average Bonchev–Trinajstić information content (AvgIpc) is 2.62. The Kier molecular flexibility index (Phi) is 9.78. The van der Waals surface area contributed by atoms with Gasteiger partial charge in [-0.05, 0) is 25.7 Å². The second kappa shape index (κ2) is 11.8. The van der Waals surface area contributed by atoms with Crippen LogP contribution in [0.25, 0.3) is 0 Å². The number of amides is 2. The molecule has 4 atom stereocenters. The number of fused-ring (bicyclic) bond motifs is 3. The van der Waals surface area contributed by atoms with Crippen molar-refractivity contribution < 1.29 is 24.2 Å². The molecule has 2 rings (SSSR count). The van der Waals surface area contributed by atoms with Gasteiger partial charge in [-0.3, -0.25) is 9.59 Å². The highest BCUT2D eigenvalue weighted by Crippen LogP contribution is 2.26. The van der Waals surface area contributed by atoms with Gasteiger partial charge in [0.1, 0.15) is 24.3 Å². The SMILES string of the molecule is CCC[C@@H]1CCCCCC[C@@H](O)C(=O)N[C@H]2CSSC[C@H](NC2=O)C(=O)O1. The molecule has 3 N–H and O–H groups in total. The molecule has 2 aliphatic rings. The Labute approximate surface area is 168 Å². The zero-order chi connectivity index (χ0) is 19.6. The Hall–Kier alpha value is -0.930. The standard InChI is InChI=1S/C18H30N2O5S2/c1-2-7-12-8-5-3-4-6-9-15(21)17(23)19-13-10-26-27-11-14(18(24)25-12)20-16(13)22/h12-15,21H,2-11H2,1H3,(H,19,23)(H,20,22)/t12-,13+,14+,15-/m1/s1. The molecule has 27 heavy (non-hydrogen) atoms. The van der Waals surface area contributed by atoms with Gasteiger partial charge in [-0.25, -0.2) is 4.79 Å². The maximum atomic E-state index is 12.6. The van der Waals surface area contributed by atoms with E-state index in [-0.39, 0.29) is 6.10 Å². The number of aliphatic hydroxyl groups excluding tert-OH is 1. The van der Waals surface area contributed by atoms with Crippen molar-refractivity contribution in [2.24, 2.45) is 0 Å². The van der Waals surface area contributed by atoms with Crippen LogP contribution in [0.15, 0.2) is 0 Å². The van der Waals surface area contributed by atoms with Crippen molar-refractivity contribution in [3.63, 3.8) is 0 Å². The molecule has 2 aliphatic heterocycles. The van der Waals surface area contributed by atoms with Gasteiger partial charge >= 0.3 is 5.97 Å². The van der Waals surface area contributed by atoms with E-state index < -0.39 is 36.0 Å². The topological polar surface area (TPSA) is 105 Å². The van der Waals surface area contributed by atoms with Gasteiger partial charge in [-0.15, -0.1) is 0 Å². The van der Waals surface area contributed by atoms with Crippen molar-refractivity contribution in [2.75, 3.05) is 11.5 Å². The van der Waals surface area contributed by atoms with Crippen LogP contribution in [-0.4, -0.2) is 58.7 Å². The van der Waals surface area contributed by atoms with Gasteiger partial charge < -0.3 is 20.5 Å². The third-order valence-corrected chi connectivity index (χ3v) is 7.16. The van der Waals surface area contributed by atoms with Crippen molar-refractivity contribution >= 4 is 39.4 Å². The number of carbonyl (C=O) groups is 3. The number of carbonyl (C=O) groups excluding carboxylic acids is 3. The van der Waals surface area contributed by atoms with Crippen LogP contribution < -0.4 is 10.6 Å². The molecule has 154 valence electrons. The van der Waals surface area contributed by atoms with Crippen LogP contribution in [0.2, 0.25) is 0 Å². The summed E-state index contributed by atoms with van der Waals surface area (Å²) in [6.45, 7) is 2.06. The highest BCUT2D eigenvalue weighted by molar-refractivity contribution is 8.76. The third kappa shape index (κ3) is 7.54. The van der Waals surface area contributed by atoms with Crippen molar-refractivity contribution in [3.8, 4) is 0 Å². The van der Waals surface area contributed by atoms with Crippen LogP contribution in [0.4, 0.5) is 0 Å². The fraction of sp³-hybridized carbons (Fsp3) is 0.833. The fourth-order valence-electron chi connectivity index (χ4n) is 3.15. The van der Waals surface area contributed by atoms with E-state index in [9.17, 15) is 19.5 Å². The summed E-state index contributed by atoms with van der Waals surface area (Å²) in [5, 5.41) is 15.4. The first-order chi connectivity index (χ1) is 13.0. The molecule has 7 nitrogen and oxygen atoms in total. The molecule has 0 aromatic rings. The monoisotopic (exact) mass is 418 g/mol. The lowest BCUT2D eigenvalue weighted by atomic mass is 10.0. The first-order valence-electron chi connectivity index (χ1n) is 9.75. The highest BCUT2D eigenvalue weighted by atomic mass is 33.1. The lowest BCUT2D eigenvalue weighted by Crippen LogP contribution is -2.56. The quantitative estimate of drug-likeness (QED) is 0.464. The van der Waals surface area contributed by atoms with Crippen LogP contribution in [0.3, 0.4) is 0 Å². The summed E-state index contributed by atoms with van der Waals surface area (Å²) >= 11 is 0. The van der Waals surface area contributed by atoms with E-state index in [0.717, 1.165) is 44.9 Å². The van der Waals surface area contributed by atoms with Gasteiger partial charge in [0.05, 0.1) is 0 Å². The first kappa shape index (κ1) is 22.4. The number of hydrogen-bond donors (Lipinski definition) is 3. The normalized spacial score (nSPS) is 32.0. The number of rotatable bonds is 2. The summed E-state index contributed by atoms with van der Waals surface area (Å²) in [4.78, 5) is 37.3. The molecular weight excluding hydrogens is 388 g/mol. The molecule has 2 fully saturated rings. The molecule has 2 bridgehead atoms. The van der Waals surface area contributed by atoms with Crippen molar-refractivity contribution in [1.29, 1.82) is 0 Å². The van der Waals surface area contributed by atoms with Crippen LogP contribution in [0.5, 0.6) is 0 Å². The van der Waals surface area contributed by atoms with Crippen LogP contribution in [0.1, 0.15) is 58.3 Å². The molecule has 2 amide bonds. The van der Waals surface area contributed by atoms with E-state index in [1.807, 2.05) is 0 Å². The Balaban J connectivity index is 2.11. The number of aliphatic hydroxyl groups is 1. The lowest BCUT2D eigenvalue weighted by molar-refractivity contribution is -0.153. The summed E-state index contributed by atoms with van der Waals surface area (Å²) in [5.74, 6) is -0.541. The molecule has 2 heterocycles. The second-order valence-corrected chi connectivity index (χ2v) is 9.60. The fourth-order valence-corrected chi connectivity index (χ4v) is 5.46. The molecule has 0 aromatic carbocycles. The lowest BCUT2D eigenvalue weighted by Gasteiger charge is -2.27. The summed E-state index contributed by atoms with van der Waals surface area (Å²) in [5.41, 5.74) is 0. The zero-order valence-corrected chi connectivity index (χ0v) is 17.4. The number of hydrogen-bond acceptors (Lipinski definition) is 7. The Morgan fingerprint density at radius 2 is 1.59 bits per heavy atom. The molecule has 0 aromatic heterocycles. The predicted octanol–water partition coefficient (Wildman–Crippen LogP) is 1.78. The van der Waals surface area contributed by atoms with E-state index in [0.29, 0.717) is 17.9 Å². The molecule has 9 heteroatoms. The predicted molar refractivity (Wildman–Crippen MR) is 107 cm³/mol. The van der Waals surface area contributed by atoms with Crippen LogP contribution in [0, 0.1) is 0 Å². The average molecular weight is 419 g/mol. The summed E-state index contributed by atoms with van der Waals surface area (Å²) in [6, 6.07) is -1.51. The Morgan fingerprint density at radius 3 is 2.30 bits per heavy atom. The van der Waals surface area contributed by atoms with E-state index in [4.69, 9.17) is 4.74 Å². The van der Waals surface area contributed by atoms with Crippen molar-refractivity contribution in [1.82, 2.24) is 10.6 Å². The van der Waals surface area contributed by atoms with E-state index in [1.54, 1.807) is 0 Å². The van der Waals surface area contributed by atoms with E-state index in [1.165, 1.54) is 21.6 Å². The summed E-state index contributed by atoms with van der Waals surface area (Å²) in [7, 11) is 2.90. The smallest absolute Gasteiger partial charge is 0.329 e. The first-order valence-corrected chi connectivity index (χ1v) is 12.2. The number of cyclic esters (lactones) is 1. The summed E-state index contributed by atoms with van der Waals surface area (Å²) in [6.07, 6.45) is 5.26. The number of ether oxygens (including phenoxy) is 1. The molecule has 0 saturated carbocycles. The Bertz CT molecular complexity index is 520. The van der Waals surface area contributed by atoms with Gasteiger partial charge in [-0.2, -0.15) is 0 Å². The third-order valence-electron chi connectivity index (χ3n) is 4.74. The van der Waals surface area contributed by atoms with Crippen LogP contribution >= 0.6 is 21.6 Å². The van der Waals surface area contributed by atoms with Crippen molar-refractivity contribution in [2.45, 2.75) is 82.6 Å². The zero-order valence-electron chi connectivity index (χ0n) is 15.8. The molecule has 0 radical (unpaired) electrons. The van der Waals surface area contributed by atoms with Crippen LogP contribution in [-0.2, 0) is 19.1 Å². The Morgan fingerprint density at radius 1 is 0.963 bits per heavy atom. The van der Waals surface area contributed by atoms with E-state index in [2.05, 4.69) is 17.6 Å². The minimum atomic E-state index is -1.11. The number of esters is 1. The minimum Gasteiger partial charge on any atom is -0.461 e. The largest absolute Gasteiger partial charge is 0.461 e. The van der Waals surface area contributed by atoms with E-state index >= 15 is 0 Å². The maximum absolute atomic E-state index is 12.6. The molecular formula is C18H30N2O5S2. The highest BCUT2D eigenvalue weighted by Gasteiger charge is 2.32. The molecule has 0 unspecified atom stereocenters. The molecule has 0 spiro atoms. The van der Waals surface area contributed by atoms with Gasteiger partial charge in [0.15, 0.2) is 0 Å². The van der Waals surface area contributed by atoms with Gasteiger partial charge in [0, 0.05) is 11.5 Å².